The minimum Gasteiger partial charge on any atom is -0.486 e. The van der Waals surface area contributed by atoms with Crippen LogP contribution in [0.4, 0.5) is 0 Å². The van der Waals surface area contributed by atoms with E-state index >= 15 is 0 Å². The number of hydrogen-bond donors (Lipinski definition) is 1. The summed E-state index contributed by atoms with van der Waals surface area (Å²) >= 11 is 0. The van der Waals surface area contributed by atoms with E-state index in [2.05, 4.69) is 5.32 Å². The van der Waals surface area contributed by atoms with Crippen molar-refractivity contribution >= 4 is 15.9 Å². The van der Waals surface area contributed by atoms with Gasteiger partial charge in [-0.25, -0.2) is 12.7 Å². The lowest BCUT2D eigenvalue weighted by Crippen LogP contribution is -2.42. The van der Waals surface area contributed by atoms with Gasteiger partial charge in [0, 0.05) is 25.6 Å². The molecule has 1 aromatic carbocycles. The molecule has 2 heterocycles. The van der Waals surface area contributed by atoms with Crippen LogP contribution in [0.25, 0.3) is 0 Å². The molecule has 1 saturated heterocycles. The minimum absolute atomic E-state index is 0.00527. The van der Waals surface area contributed by atoms with Gasteiger partial charge in [-0.2, -0.15) is 0 Å². The first kappa shape index (κ1) is 18.0. The summed E-state index contributed by atoms with van der Waals surface area (Å²) in [5.41, 5.74) is 1.08. The molecule has 0 bridgehead atoms. The van der Waals surface area contributed by atoms with Crippen molar-refractivity contribution in [3.05, 3.63) is 23.8 Å². The van der Waals surface area contributed by atoms with Gasteiger partial charge in [0.05, 0.1) is 6.26 Å². The molecule has 1 fully saturated rings. The van der Waals surface area contributed by atoms with E-state index in [1.807, 2.05) is 18.2 Å². The van der Waals surface area contributed by atoms with E-state index in [9.17, 15) is 13.2 Å². The van der Waals surface area contributed by atoms with Crippen LogP contribution in [0.1, 0.15) is 18.4 Å². The van der Waals surface area contributed by atoms with E-state index in [0.717, 1.165) is 17.1 Å². The topological polar surface area (TPSA) is 84.9 Å². The molecule has 1 aromatic rings. The first-order chi connectivity index (χ1) is 11.9. The number of carbonyl (C=O) groups excluding carboxylic acids is 1. The highest BCUT2D eigenvalue weighted by atomic mass is 32.2. The lowest BCUT2D eigenvalue weighted by atomic mass is 9.97. The molecule has 0 unspecified atom stereocenters. The molecule has 3 rings (SSSR count). The number of rotatable bonds is 5. The number of fused-ring (bicyclic) bond motifs is 1. The van der Waals surface area contributed by atoms with Crippen LogP contribution in [0.2, 0.25) is 0 Å². The Hall–Kier alpha value is -1.80. The number of piperidine rings is 1. The summed E-state index contributed by atoms with van der Waals surface area (Å²) in [6.07, 6.45) is 3.07. The highest BCUT2D eigenvalue weighted by Crippen LogP contribution is 2.30. The molecule has 0 aromatic heterocycles. The summed E-state index contributed by atoms with van der Waals surface area (Å²) in [7, 11) is -3.16. The quantitative estimate of drug-likeness (QED) is 0.831. The Labute approximate surface area is 148 Å². The van der Waals surface area contributed by atoms with Gasteiger partial charge in [0.15, 0.2) is 11.5 Å². The number of amides is 1. The number of nitrogens with one attached hydrogen (secondary N) is 1. The van der Waals surface area contributed by atoms with Crippen LogP contribution in [-0.4, -0.2) is 57.7 Å². The van der Waals surface area contributed by atoms with Crippen LogP contribution in [0.3, 0.4) is 0 Å². The van der Waals surface area contributed by atoms with Crippen molar-refractivity contribution in [1.29, 1.82) is 0 Å². The first-order valence-corrected chi connectivity index (χ1v) is 10.4. The predicted octanol–water partition coefficient (Wildman–Crippen LogP) is 0.788. The zero-order chi connectivity index (χ0) is 17.9. The zero-order valence-electron chi connectivity index (χ0n) is 14.4. The maximum Gasteiger partial charge on any atom is 0.223 e. The number of sulfonamides is 1. The molecule has 0 spiro atoms. The first-order valence-electron chi connectivity index (χ1n) is 8.55. The molecule has 1 amide bonds. The molecule has 138 valence electrons. The Morgan fingerprint density at radius 1 is 1.20 bits per heavy atom. The maximum absolute atomic E-state index is 12.3. The van der Waals surface area contributed by atoms with Gasteiger partial charge in [-0.15, -0.1) is 0 Å². The van der Waals surface area contributed by atoms with E-state index in [-0.39, 0.29) is 11.8 Å². The van der Waals surface area contributed by atoms with Crippen molar-refractivity contribution in [3.8, 4) is 11.5 Å². The van der Waals surface area contributed by atoms with Gasteiger partial charge < -0.3 is 14.8 Å². The standard InChI is InChI=1S/C17H24N2O5S/c1-25(21,22)19-8-5-14(6-9-19)17(20)18-7-4-13-2-3-15-16(12-13)24-11-10-23-15/h2-3,12,14H,4-11H2,1H3,(H,18,20). The van der Waals surface area contributed by atoms with E-state index in [4.69, 9.17) is 9.47 Å². The van der Waals surface area contributed by atoms with Crippen molar-refractivity contribution in [2.75, 3.05) is 39.1 Å². The molecule has 2 aliphatic heterocycles. The van der Waals surface area contributed by atoms with Gasteiger partial charge in [0.1, 0.15) is 13.2 Å². The third-order valence-corrected chi connectivity index (χ3v) is 5.92. The second kappa shape index (κ2) is 7.61. The van der Waals surface area contributed by atoms with E-state index in [1.165, 1.54) is 10.6 Å². The van der Waals surface area contributed by atoms with Crippen molar-refractivity contribution in [3.63, 3.8) is 0 Å². The summed E-state index contributed by atoms with van der Waals surface area (Å²) < 4.78 is 35.5. The van der Waals surface area contributed by atoms with Crippen LogP contribution in [0.5, 0.6) is 11.5 Å². The number of ether oxygens (including phenoxy) is 2. The Balaban J connectivity index is 1.44. The largest absolute Gasteiger partial charge is 0.486 e. The average Bonchev–Trinajstić information content (AvgIpc) is 2.61. The average molecular weight is 368 g/mol. The SMILES string of the molecule is CS(=O)(=O)N1CCC(C(=O)NCCc2ccc3c(c2)OCCO3)CC1. The predicted molar refractivity (Wildman–Crippen MR) is 93.3 cm³/mol. The van der Waals surface area contributed by atoms with Crippen LogP contribution in [0.15, 0.2) is 18.2 Å². The molecule has 25 heavy (non-hydrogen) atoms. The van der Waals surface area contributed by atoms with Crippen LogP contribution >= 0.6 is 0 Å². The zero-order valence-corrected chi connectivity index (χ0v) is 15.2. The number of benzene rings is 1. The molecule has 0 aliphatic carbocycles. The molecule has 1 N–H and O–H groups in total. The van der Waals surface area contributed by atoms with Gasteiger partial charge in [-0.1, -0.05) is 6.07 Å². The Morgan fingerprint density at radius 3 is 2.56 bits per heavy atom. The fourth-order valence-corrected chi connectivity index (χ4v) is 4.04. The fraction of sp³-hybridized carbons (Fsp3) is 0.588. The lowest BCUT2D eigenvalue weighted by molar-refractivity contribution is -0.126. The summed E-state index contributed by atoms with van der Waals surface area (Å²) in [5.74, 6) is 1.41. The maximum atomic E-state index is 12.3. The normalized spacial score (nSPS) is 18.8. The van der Waals surface area contributed by atoms with Crippen LogP contribution in [0, 0.1) is 5.92 Å². The molecule has 7 nitrogen and oxygen atoms in total. The van der Waals surface area contributed by atoms with Gasteiger partial charge in [0.2, 0.25) is 15.9 Å². The number of nitrogens with zero attached hydrogens (tertiary/aromatic N) is 1. The van der Waals surface area contributed by atoms with E-state index in [1.54, 1.807) is 0 Å². The van der Waals surface area contributed by atoms with Crippen molar-refractivity contribution in [1.82, 2.24) is 9.62 Å². The summed E-state index contributed by atoms with van der Waals surface area (Å²) in [5, 5.41) is 2.96. The second-order valence-corrected chi connectivity index (χ2v) is 8.44. The van der Waals surface area contributed by atoms with Gasteiger partial charge in [0.25, 0.3) is 0 Å². The third kappa shape index (κ3) is 4.64. The van der Waals surface area contributed by atoms with E-state index in [0.29, 0.717) is 52.1 Å². The number of hydrogen-bond acceptors (Lipinski definition) is 5. The Bertz CT molecular complexity index is 727. The summed E-state index contributed by atoms with van der Waals surface area (Å²) in [4.78, 5) is 12.3. The monoisotopic (exact) mass is 368 g/mol. The van der Waals surface area contributed by atoms with Gasteiger partial charge in [-0.05, 0) is 37.0 Å². The minimum atomic E-state index is -3.16. The molecule has 8 heteroatoms. The molecule has 2 aliphatic rings. The fourth-order valence-electron chi connectivity index (χ4n) is 3.17. The van der Waals surface area contributed by atoms with Crippen molar-refractivity contribution < 1.29 is 22.7 Å². The van der Waals surface area contributed by atoms with E-state index < -0.39 is 10.0 Å². The molecule has 0 radical (unpaired) electrons. The highest BCUT2D eigenvalue weighted by molar-refractivity contribution is 7.88. The van der Waals surface area contributed by atoms with Crippen molar-refractivity contribution in [2.45, 2.75) is 19.3 Å². The molecular formula is C17H24N2O5S. The Kier molecular flexibility index (Phi) is 5.48. The summed E-state index contributed by atoms with van der Waals surface area (Å²) in [6.45, 7) is 2.50. The van der Waals surface area contributed by atoms with Gasteiger partial charge >= 0.3 is 0 Å². The lowest BCUT2D eigenvalue weighted by Gasteiger charge is -2.29. The van der Waals surface area contributed by atoms with Crippen LogP contribution < -0.4 is 14.8 Å². The van der Waals surface area contributed by atoms with Gasteiger partial charge in [-0.3, -0.25) is 4.79 Å². The smallest absolute Gasteiger partial charge is 0.223 e. The molecule has 0 atom stereocenters. The second-order valence-electron chi connectivity index (χ2n) is 6.46. The number of carbonyl (C=O) groups is 1. The van der Waals surface area contributed by atoms with Crippen LogP contribution in [-0.2, 0) is 21.2 Å². The molecular weight excluding hydrogens is 344 g/mol. The third-order valence-electron chi connectivity index (χ3n) is 4.61. The Morgan fingerprint density at radius 2 is 1.88 bits per heavy atom. The summed E-state index contributed by atoms with van der Waals surface area (Å²) in [6, 6.07) is 5.82. The highest BCUT2D eigenvalue weighted by Gasteiger charge is 2.28. The molecule has 0 saturated carbocycles. The van der Waals surface area contributed by atoms with Crippen molar-refractivity contribution in [2.24, 2.45) is 5.92 Å².